The average Bonchev–Trinajstić information content (AvgIpc) is 2.80. The molecule has 0 amide bonds. The van der Waals surface area contributed by atoms with Crippen LogP contribution in [0.4, 0.5) is 0 Å². The summed E-state index contributed by atoms with van der Waals surface area (Å²) in [6.45, 7) is 4.21. The van der Waals surface area contributed by atoms with E-state index in [4.69, 9.17) is 11.6 Å². The Morgan fingerprint density at radius 2 is 2.24 bits per heavy atom. The first-order valence-electron chi connectivity index (χ1n) is 6.68. The highest BCUT2D eigenvalue weighted by atomic mass is 35.5. The third kappa shape index (κ3) is 3.47. The number of aromatic nitrogens is 2. The van der Waals surface area contributed by atoms with Crippen molar-refractivity contribution in [2.24, 2.45) is 5.41 Å². The standard InChI is InChI=1S/C15H15ClN2OS2/c1-15(2)4-11-10(12(19)5-15)6-17-14(18-11)21-8-9-3-13(16)20-7-9/h3,6-7H,4-5,8H2,1-2H3. The number of nitrogens with zero attached hydrogens (tertiary/aromatic N) is 2. The first-order valence-corrected chi connectivity index (χ1v) is 8.92. The van der Waals surface area contributed by atoms with E-state index < -0.39 is 0 Å². The van der Waals surface area contributed by atoms with Crippen molar-refractivity contribution < 1.29 is 4.79 Å². The summed E-state index contributed by atoms with van der Waals surface area (Å²) >= 11 is 9.03. The molecule has 0 bridgehead atoms. The van der Waals surface area contributed by atoms with Gasteiger partial charge in [0, 0.05) is 18.4 Å². The van der Waals surface area contributed by atoms with Crippen molar-refractivity contribution in [1.82, 2.24) is 9.97 Å². The fourth-order valence-electron chi connectivity index (χ4n) is 2.45. The molecule has 21 heavy (non-hydrogen) atoms. The highest BCUT2D eigenvalue weighted by molar-refractivity contribution is 7.98. The largest absolute Gasteiger partial charge is 0.294 e. The molecule has 0 atom stereocenters. The van der Waals surface area contributed by atoms with Crippen LogP contribution in [0, 0.1) is 5.41 Å². The van der Waals surface area contributed by atoms with E-state index in [1.807, 2.05) is 11.4 Å². The summed E-state index contributed by atoms with van der Waals surface area (Å²) in [7, 11) is 0. The number of hydrogen-bond acceptors (Lipinski definition) is 5. The number of ketones is 1. The molecule has 0 aromatic carbocycles. The zero-order chi connectivity index (χ0) is 15.0. The lowest BCUT2D eigenvalue weighted by Crippen LogP contribution is -2.28. The maximum Gasteiger partial charge on any atom is 0.188 e. The van der Waals surface area contributed by atoms with E-state index >= 15 is 0 Å². The summed E-state index contributed by atoms with van der Waals surface area (Å²) in [6, 6.07) is 1.96. The van der Waals surface area contributed by atoms with Crippen LogP contribution in [0.25, 0.3) is 0 Å². The van der Waals surface area contributed by atoms with Crippen molar-refractivity contribution in [3.8, 4) is 0 Å². The zero-order valence-electron chi connectivity index (χ0n) is 11.9. The Balaban J connectivity index is 1.78. The molecule has 0 N–H and O–H groups in total. The van der Waals surface area contributed by atoms with Gasteiger partial charge in [-0.3, -0.25) is 4.79 Å². The highest BCUT2D eigenvalue weighted by Crippen LogP contribution is 2.34. The topological polar surface area (TPSA) is 42.9 Å². The molecule has 0 saturated heterocycles. The minimum absolute atomic E-state index is 0.0126. The van der Waals surface area contributed by atoms with Gasteiger partial charge in [-0.05, 0) is 28.8 Å². The summed E-state index contributed by atoms with van der Waals surface area (Å²) < 4.78 is 0.796. The molecule has 0 aliphatic heterocycles. The molecule has 1 aliphatic carbocycles. The Bertz CT molecular complexity index is 697. The summed E-state index contributed by atoms with van der Waals surface area (Å²) in [5.41, 5.74) is 2.74. The number of halogens is 1. The second-order valence-corrected chi connectivity index (χ2v) is 8.49. The summed E-state index contributed by atoms with van der Waals surface area (Å²) in [6.07, 6.45) is 3.08. The van der Waals surface area contributed by atoms with E-state index in [1.165, 1.54) is 16.9 Å². The first kappa shape index (κ1) is 15.0. The number of rotatable bonds is 3. The van der Waals surface area contributed by atoms with Gasteiger partial charge >= 0.3 is 0 Å². The number of fused-ring (bicyclic) bond motifs is 1. The molecular weight excluding hydrogens is 324 g/mol. The lowest BCUT2D eigenvalue weighted by molar-refractivity contribution is 0.0909. The minimum atomic E-state index is -0.0126. The summed E-state index contributed by atoms with van der Waals surface area (Å²) in [5, 5.41) is 2.77. The summed E-state index contributed by atoms with van der Waals surface area (Å²) in [5.74, 6) is 0.946. The van der Waals surface area contributed by atoms with Gasteiger partial charge in [-0.2, -0.15) is 0 Å². The van der Waals surface area contributed by atoms with Gasteiger partial charge in [-0.15, -0.1) is 11.3 Å². The molecule has 3 nitrogen and oxygen atoms in total. The van der Waals surface area contributed by atoms with Crippen molar-refractivity contribution in [1.29, 1.82) is 0 Å². The van der Waals surface area contributed by atoms with Crippen molar-refractivity contribution in [3.63, 3.8) is 0 Å². The number of thiophene rings is 1. The van der Waals surface area contributed by atoms with E-state index in [0.717, 1.165) is 27.4 Å². The smallest absolute Gasteiger partial charge is 0.188 e. The van der Waals surface area contributed by atoms with Crippen LogP contribution in [0.1, 0.15) is 41.9 Å². The predicted molar refractivity (Wildman–Crippen MR) is 87.4 cm³/mol. The van der Waals surface area contributed by atoms with E-state index in [0.29, 0.717) is 12.0 Å². The van der Waals surface area contributed by atoms with E-state index in [9.17, 15) is 4.79 Å². The lowest BCUT2D eigenvalue weighted by Gasteiger charge is -2.29. The van der Waals surface area contributed by atoms with Gasteiger partial charge in [0.05, 0.1) is 15.6 Å². The van der Waals surface area contributed by atoms with Crippen LogP contribution in [-0.4, -0.2) is 15.8 Å². The van der Waals surface area contributed by atoms with Crippen LogP contribution in [0.2, 0.25) is 4.34 Å². The Kier molecular flexibility index (Phi) is 4.08. The van der Waals surface area contributed by atoms with Gasteiger partial charge < -0.3 is 0 Å². The molecule has 2 aromatic rings. The van der Waals surface area contributed by atoms with E-state index in [1.54, 1.807) is 18.0 Å². The van der Waals surface area contributed by atoms with Crippen molar-refractivity contribution in [2.45, 2.75) is 37.6 Å². The molecule has 3 rings (SSSR count). The molecule has 2 heterocycles. The second-order valence-electron chi connectivity index (χ2n) is 6.00. The molecule has 6 heteroatoms. The van der Waals surface area contributed by atoms with Gasteiger partial charge in [-0.25, -0.2) is 9.97 Å². The van der Waals surface area contributed by atoms with Crippen LogP contribution >= 0.6 is 34.7 Å². The Hall–Kier alpha value is -0.910. The number of carbonyl (C=O) groups is 1. The SMILES string of the molecule is CC1(C)CC(=O)c2cnc(SCc3csc(Cl)c3)nc2C1. The van der Waals surface area contributed by atoms with Crippen molar-refractivity contribution in [2.75, 3.05) is 0 Å². The third-order valence-corrected chi connectivity index (χ3v) is 5.49. The number of Topliss-reactive ketones (excluding diaryl/α,β-unsaturated/α-hetero) is 1. The van der Waals surface area contributed by atoms with Crippen molar-refractivity contribution >= 4 is 40.5 Å². The zero-order valence-corrected chi connectivity index (χ0v) is 14.2. The molecule has 1 aliphatic rings. The maximum atomic E-state index is 12.1. The molecule has 0 spiro atoms. The van der Waals surface area contributed by atoms with Gasteiger partial charge in [-0.1, -0.05) is 37.2 Å². The van der Waals surface area contributed by atoms with Crippen LogP contribution in [0.3, 0.4) is 0 Å². The highest BCUT2D eigenvalue weighted by Gasteiger charge is 2.32. The molecule has 0 unspecified atom stereocenters. The first-order chi connectivity index (χ1) is 9.93. The molecule has 0 fully saturated rings. The average molecular weight is 339 g/mol. The molecule has 0 radical (unpaired) electrons. The predicted octanol–water partition coefficient (Wildman–Crippen LogP) is 4.64. The Labute approximate surface area is 137 Å². The van der Waals surface area contributed by atoms with Gasteiger partial charge in [0.25, 0.3) is 0 Å². The molecule has 110 valence electrons. The van der Waals surface area contributed by atoms with Crippen molar-refractivity contribution in [3.05, 3.63) is 38.8 Å². The third-order valence-electron chi connectivity index (χ3n) is 3.42. The van der Waals surface area contributed by atoms with Crippen LogP contribution in [-0.2, 0) is 12.2 Å². The van der Waals surface area contributed by atoms with E-state index in [-0.39, 0.29) is 11.2 Å². The monoisotopic (exact) mass is 338 g/mol. The fourth-order valence-corrected chi connectivity index (χ4v) is 4.23. The molecule has 2 aromatic heterocycles. The van der Waals surface area contributed by atoms with Gasteiger partial charge in [0.15, 0.2) is 10.9 Å². The minimum Gasteiger partial charge on any atom is -0.294 e. The second kappa shape index (κ2) is 5.71. The van der Waals surface area contributed by atoms with Gasteiger partial charge in [0.1, 0.15) is 0 Å². The lowest BCUT2D eigenvalue weighted by atomic mass is 9.76. The Morgan fingerprint density at radius 3 is 2.95 bits per heavy atom. The molecular formula is C15H15ClN2OS2. The van der Waals surface area contributed by atoms with Crippen LogP contribution in [0.5, 0.6) is 0 Å². The quantitative estimate of drug-likeness (QED) is 0.604. The normalized spacial score (nSPS) is 16.8. The molecule has 0 saturated carbocycles. The van der Waals surface area contributed by atoms with Crippen LogP contribution in [0.15, 0.2) is 22.8 Å². The maximum absolute atomic E-state index is 12.1. The Morgan fingerprint density at radius 1 is 1.43 bits per heavy atom. The van der Waals surface area contributed by atoms with Gasteiger partial charge in [0.2, 0.25) is 0 Å². The van der Waals surface area contributed by atoms with Crippen LogP contribution < -0.4 is 0 Å². The number of carbonyl (C=O) groups excluding carboxylic acids is 1. The fraction of sp³-hybridized carbons (Fsp3) is 0.400. The summed E-state index contributed by atoms with van der Waals surface area (Å²) in [4.78, 5) is 21.0. The number of thioether (sulfide) groups is 1. The number of hydrogen-bond donors (Lipinski definition) is 0. The van der Waals surface area contributed by atoms with E-state index in [2.05, 4.69) is 23.8 Å².